The van der Waals surface area contributed by atoms with Gasteiger partial charge in [-0.25, -0.2) is 23.7 Å². The van der Waals surface area contributed by atoms with Crippen LogP contribution in [0, 0.1) is 11.6 Å². The van der Waals surface area contributed by atoms with Crippen LogP contribution in [0.25, 0.3) is 21.9 Å². The van der Waals surface area contributed by atoms with Gasteiger partial charge in [-0.3, -0.25) is 10.1 Å². The van der Waals surface area contributed by atoms with Crippen LogP contribution < -0.4 is 10.9 Å². The Morgan fingerprint density at radius 1 is 1.09 bits per heavy atom. The van der Waals surface area contributed by atoms with Gasteiger partial charge in [0.15, 0.2) is 5.82 Å². The van der Waals surface area contributed by atoms with Gasteiger partial charge in [-0.05, 0) is 36.2 Å². The number of ether oxygens (including phenoxy) is 1. The van der Waals surface area contributed by atoms with Crippen molar-refractivity contribution >= 4 is 28.4 Å². The van der Waals surface area contributed by atoms with E-state index in [-0.39, 0.29) is 41.2 Å². The van der Waals surface area contributed by atoms with Crippen LogP contribution >= 0.6 is 0 Å². The molecule has 1 aliphatic rings. The van der Waals surface area contributed by atoms with Gasteiger partial charge in [0.05, 0.1) is 17.7 Å². The molecule has 0 fully saturated rings. The molecule has 0 saturated carbocycles. The smallest absolute Gasteiger partial charge is 0.412 e. The Kier molecular flexibility index (Phi) is 5.82. The Hall–Kier alpha value is -4.40. The summed E-state index contributed by atoms with van der Waals surface area (Å²) >= 11 is 0. The number of hydrogen-bond donors (Lipinski definition) is 2. The maximum atomic E-state index is 15.4. The molecule has 7 nitrogen and oxygen atoms in total. The second-order valence-electron chi connectivity index (χ2n) is 8.05. The lowest BCUT2D eigenvalue weighted by Gasteiger charge is -2.11. The van der Waals surface area contributed by atoms with Gasteiger partial charge in [0.1, 0.15) is 17.3 Å². The van der Waals surface area contributed by atoms with Crippen molar-refractivity contribution < 1.29 is 18.3 Å². The normalized spacial score (nSPS) is 12.4. The maximum Gasteiger partial charge on any atom is 0.412 e. The van der Waals surface area contributed by atoms with Crippen molar-refractivity contribution in [3.63, 3.8) is 0 Å². The number of nitrogens with zero attached hydrogens (tertiary/aromatic N) is 2. The fourth-order valence-corrected chi connectivity index (χ4v) is 4.18. The zero-order valence-corrected chi connectivity index (χ0v) is 18.7. The van der Waals surface area contributed by atoms with Crippen molar-refractivity contribution in [2.45, 2.75) is 19.8 Å². The summed E-state index contributed by atoms with van der Waals surface area (Å²) < 4.78 is 35.1. The van der Waals surface area contributed by atoms with Crippen LogP contribution in [0.4, 0.5) is 19.3 Å². The highest BCUT2D eigenvalue weighted by molar-refractivity contribution is 6.01. The minimum atomic E-state index is -0.674. The Labute approximate surface area is 198 Å². The van der Waals surface area contributed by atoms with Crippen molar-refractivity contribution in [1.29, 1.82) is 0 Å². The van der Waals surface area contributed by atoms with Gasteiger partial charge in [0.2, 0.25) is 0 Å². The van der Waals surface area contributed by atoms with Gasteiger partial charge in [0, 0.05) is 29.4 Å². The van der Waals surface area contributed by atoms with E-state index in [4.69, 9.17) is 4.74 Å². The van der Waals surface area contributed by atoms with Crippen molar-refractivity contribution in [2.24, 2.45) is 4.99 Å². The molecule has 9 heteroatoms. The zero-order valence-electron chi connectivity index (χ0n) is 18.7. The van der Waals surface area contributed by atoms with Crippen LogP contribution in [0.3, 0.4) is 0 Å². The van der Waals surface area contributed by atoms with Crippen molar-refractivity contribution in [3.8, 4) is 11.1 Å². The SMILES string of the molecule is CCOC(=O)NC1=Nc2c(ccc(-c3cc(Cc4n[nH]c(=O)c5ccccc45)ccc3F)c2F)C1. The third-order valence-corrected chi connectivity index (χ3v) is 5.79. The summed E-state index contributed by atoms with van der Waals surface area (Å²) in [6.45, 7) is 1.87. The molecular weight excluding hydrogens is 454 g/mol. The summed E-state index contributed by atoms with van der Waals surface area (Å²) in [7, 11) is 0. The lowest BCUT2D eigenvalue weighted by molar-refractivity contribution is 0.157. The van der Waals surface area contributed by atoms with Crippen LogP contribution in [0.5, 0.6) is 0 Å². The number of aliphatic imine (C=N–C) groups is 1. The molecule has 2 N–H and O–H groups in total. The van der Waals surface area contributed by atoms with Gasteiger partial charge >= 0.3 is 6.09 Å². The van der Waals surface area contributed by atoms with E-state index in [9.17, 15) is 14.0 Å². The number of amidine groups is 1. The first kappa shape index (κ1) is 22.4. The van der Waals surface area contributed by atoms with E-state index in [1.54, 1.807) is 43.3 Å². The van der Waals surface area contributed by atoms with Gasteiger partial charge in [-0.15, -0.1) is 0 Å². The summed E-state index contributed by atoms with van der Waals surface area (Å²) in [5, 5.41) is 10.4. The summed E-state index contributed by atoms with van der Waals surface area (Å²) in [6, 6.07) is 14.7. The largest absolute Gasteiger partial charge is 0.450 e. The standard InChI is InChI=1S/C26H20F2N4O3/c1-2-35-26(34)30-22-13-15-8-9-17(23(28)24(15)29-22)19-11-14(7-10-20(19)27)12-21-16-5-3-4-6-18(16)25(33)32-31-21/h3-11H,2,12-13H2,1H3,(H,32,33)(H,29,30,34). The molecule has 35 heavy (non-hydrogen) atoms. The number of nitrogens with one attached hydrogen (secondary N) is 2. The first-order chi connectivity index (χ1) is 16.9. The lowest BCUT2D eigenvalue weighted by Crippen LogP contribution is -2.30. The quantitative estimate of drug-likeness (QED) is 0.445. The topological polar surface area (TPSA) is 96.4 Å². The minimum absolute atomic E-state index is 0.0588. The average molecular weight is 474 g/mol. The molecule has 2 heterocycles. The molecule has 0 atom stereocenters. The van der Waals surface area contributed by atoms with Crippen LogP contribution in [0.2, 0.25) is 0 Å². The molecule has 0 spiro atoms. The van der Waals surface area contributed by atoms with E-state index < -0.39 is 17.7 Å². The molecule has 0 aliphatic carbocycles. The van der Waals surface area contributed by atoms with Crippen molar-refractivity contribution in [2.75, 3.05) is 6.61 Å². The first-order valence-corrected chi connectivity index (χ1v) is 11.0. The zero-order chi connectivity index (χ0) is 24.5. The second-order valence-corrected chi connectivity index (χ2v) is 8.05. The van der Waals surface area contributed by atoms with E-state index in [0.29, 0.717) is 34.0 Å². The predicted octanol–water partition coefficient (Wildman–Crippen LogP) is 4.79. The number of aromatic amines is 1. The average Bonchev–Trinajstić information content (AvgIpc) is 3.26. The fourth-order valence-electron chi connectivity index (χ4n) is 4.18. The second kappa shape index (κ2) is 9.09. The van der Waals surface area contributed by atoms with Gasteiger partial charge in [-0.1, -0.05) is 36.4 Å². The maximum absolute atomic E-state index is 15.4. The molecule has 0 saturated heterocycles. The summed E-state index contributed by atoms with van der Waals surface area (Å²) in [4.78, 5) is 27.9. The molecule has 1 amide bonds. The van der Waals surface area contributed by atoms with Crippen LogP contribution in [0.1, 0.15) is 23.7 Å². The molecule has 1 aliphatic heterocycles. The number of alkyl carbamates (subject to hydrolysis) is 1. The molecule has 176 valence electrons. The highest BCUT2D eigenvalue weighted by atomic mass is 19.1. The van der Waals surface area contributed by atoms with E-state index >= 15 is 4.39 Å². The van der Waals surface area contributed by atoms with E-state index in [2.05, 4.69) is 20.5 Å². The number of amides is 1. The number of carbonyl (C=O) groups is 1. The number of hydrogen-bond acceptors (Lipinski definition) is 5. The monoisotopic (exact) mass is 474 g/mol. The predicted molar refractivity (Wildman–Crippen MR) is 128 cm³/mol. The van der Waals surface area contributed by atoms with E-state index in [1.807, 2.05) is 6.07 Å². The van der Waals surface area contributed by atoms with Gasteiger partial charge < -0.3 is 4.74 Å². The van der Waals surface area contributed by atoms with Crippen molar-refractivity contribution in [3.05, 3.63) is 93.4 Å². The summed E-state index contributed by atoms with van der Waals surface area (Å²) in [5.41, 5.74) is 1.81. The lowest BCUT2D eigenvalue weighted by atomic mass is 9.97. The summed E-state index contributed by atoms with van der Waals surface area (Å²) in [5.74, 6) is -0.995. The van der Waals surface area contributed by atoms with Crippen LogP contribution in [0.15, 0.2) is 64.4 Å². The molecule has 0 unspecified atom stereocenters. The minimum Gasteiger partial charge on any atom is -0.450 e. The van der Waals surface area contributed by atoms with Crippen LogP contribution in [-0.4, -0.2) is 28.7 Å². The number of fused-ring (bicyclic) bond motifs is 2. The number of halogens is 2. The van der Waals surface area contributed by atoms with Crippen LogP contribution in [-0.2, 0) is 17.6 Å². The summed E-state index contributed by atoms with van der Waals surface area (Å²) in [6.07, 6.45) is -0.122. The molecule has 4 aromatic rings. The molecule has 5 rings (SSSR count). The number of H-pyrrole nitrogens is 1. The number of benzene rings is 3. The number of aromatic nitrogens is 2. The molecule has 0 bridgehead atoms. The van der Waals surface area contributed by atoms with Crippen molar-refractivity contribution in [1.82, 2.24) is 15.5 Å². The van der Waals surface area contributed by atoms with Gasteiger partial charge in [0.25, 0.3) is 5.56 Å². The van der Waals surface area contributed by atoms with E-state index in [0.717, 1.165) is 0 Å². The molecule has 1 aromatic heterocycles. The molecule has 0 radical (unpaired) electrons. The Bertz CT molecular complexity index is 1560. The molecular formula is C26H20F2N4O3. The Morgan fingerprint density at radius 3 is 2.69 bits per heavy atom. The first-order valence-electron chi connectivity index (χ1n) is 11.0. The third-order valence-electron chi connectivity index (χ3n) is 5.79. The Morgan fingerprint density at radius 2 is 1.89 bits per heavy atom. The number of rotatable bonds is 4. The fraction of sp³-hybridized carbons (Fsp3) is 0.154. The van der Waals surface area contributed by atoms with Gasteiger partial charge in [-0.2, -0.15) is 5.10 Å². The highest BCUT2D eigenvalue weighted by Crippen LogP contribution is 2.37. The molecule has 3 aromatic carbocycles. The van der Waals surface area contributed by atoms with E-state index in [1.165, 1.54) is 12.1 Å². The highest BCUT2D eigenvalue weighted by Gasteiger charge is 2.24. The number of carbonyl (C=O) groups excluding carboxylic acids is 1. The Balaban J connectivity index is 1.49. The third kappa shape index (κ3) is 4.28.